The van der Waals surface area contributed by atoms with E-state index in [4.69, 9.17) is 9.47 Å². The molecule has 1 N–H and O–H groups in total. The van der Waals surface area contributed by atoms with Crippen molar-refractivity contribution in [1.29, 1.82) is 0 Å². The Hall–Kier alpha value is -0.850. The first-order chi connectivity index (χ1) is 6.96. The molecule has 0 saturated carbocycles. The monoisotopic (exact) mass is 218 g/mol. The predicted octanol–water partition coefficient (Wildman–Crippen LogP) is 0.0288. The first-order valence-electron chi connectivity index (χ1n) is 4.71. The Morgan fingerprint density at radius 3 is 2.33 bits per heavy atom. The minimum atomic E-state index is -0.889. The lowest BCUT2D eigenvalue weighted by atomic mass is 10.0. The maximum absolute atomic E-state index is 11.8. The smallest absolute Gasteiger partial charge is 0.326 e. The Morgan fingerprint density at radius 2 is 1.87 bits per heavy atom. The van der Waals surface area contributed by atoms with Crippen LogP contribution in [-0.4, -0.2) is 60.4 Å². The number of aliphatic hydroxyl groups is 1. The molecule has 0 aliphatic carbocycles. The van der Waals surface area contributed by atoms with E-state index in [0.717, 1.165) is 0 Å². The minimum absolute atomic E-state index is 0.0731. The Morgan fingerprint density at radius 1 is 1.33 bits per heavy atom. The van der Waals surface area contributed by atoms with E-state index in [1.807, 2.05) is 0 Å². The standard InChI is InChI=1S/C9H18N2O4/c1-9(2)7(12)10(5-14-3)8(13)11(9)6-15-4/h7,12H,5-6H2,1-4H3. The van der Waals surface area contributed by atoms with E-state index in [0.29, 0.717) is 0 Å². The average Bonchev–Trinajstić information content (AvgIpc) is 2.33. The van der Waals surface area contributed by atoms with Gasteiger partial charge in [-0.1, -0.05) is 0 Å². The van der Waals surface area contributed by atoms with E-state index in [1.165, 1.54) is 24.0 Å². The molecule has 0 radical (unpaired) electrons. The lowest BCUT2D eigenvalue weighted by molar-refractivity contribution is -0.0543. The lowest BCUT2D eigenvalue weighted by Gasteiger charge is -2.31. The number of methoxy groups -OCH3 is 2. The minimum Gasteiger partial charge on any atom is -0.371 e. The fourth-order valence-electron chi connectivity index (χ4n) is 1.64. The highest BCUT2D eigenvalue weighted by Crippen LogP contribution is 2.30. The normalized spacial score (nSPS) is 25.1. The molecule has 0 aromatic heterocycles. The van der Waals surface area contributed by atoms with Gasteiger partial charge in [0, 0.05) is 14.2 Å². The van der Waals surface area contributed by atoms with Gasteiger partial charge in [-0.15, -0.1) is 0 Å². The molecule has 1 aliphatic rings. The molecule has 1 aliphatic heterocycles. The largest absolute Gasteiger partial charge is 0.371 e. The number of hydrogen-bond donors (Lipinski definition) is 1. The van der Waals surface area contributed by atoms with Gasteiger partial charge in [0.1, 0.15) is 13.5 Å². The van der Waals surface area contributed by atoms with Gasteiger partial charge in [0.2, 0.25) is 0 Å². The zero-order chi connectivity index (χ0) is 11.6. The van der Waals surface area contributed by atoms with Gasteiger partial charge in [-0.25, -0.2) is 4.79 Å². The fraction of sp³-hybridized carbons (Fsp3) is 0.889. The molecule has 1 atom stereocenters. The molecule has 1 unspecified atom stereocenters. The molecule has 0 aromatic carbocycles. The number of aliphatic hydroxyl groups excluding tert-OH is 1. The molecule has 0 bridgehead atoms. The molecule has 88 valence electrons. The summed E-state index contributed by atoms with van der Waals surface area (Å²) >= 11 is 0. The third-order valence-electron chi connectivity index (χ3n) is 2.63. The van der Waals surface area contributed by atoms with Gasteiger partial charge in [0.15, 0.2) is 6.23 Å². The summed E-state index contributed by atoms with van der Waals surface area (Å²) in [5, 5.41) is 9.94. The first-order valence-corrected chi connectivity index (χ1v) is 4.71. The van der Waals surface area contributed by atoms with Gasteiger partial charge in [-0.2, -0.15) is 0 Å². The van der Waals surface area contributed by atoms with Gasteiger partial charge in [-0.05, 0) is 13.8 Å². The van der Waals surface area contributed by atoms with Crippen molar-refractivity contribution in [2.45, 2.75) is 25.6 Å². The predicted molar refractivity (Wildman–Crippen MR) is 52.9 cm³/mol. The van der Waals surface area contributed by atoms with E-state index >= 15 is 0 Å². The highest BCUT2D eigenvalue weighted by Gasteiger charge is 2.50. The Labute approximate surface area is 89.4 Å². The van der Waals surface area contributed by atoms with Crippen LogP contribution in [0.3, 0.4) is 0 Å². The molecule has 1 saturated heterocycles. The van der Waals surface area contributed by atoms with Crippen molar-refractivity contribution < 1.29 is 19.4 Å². The quantitative estimate of drug-likeness (QED) is 0.723. The lowest BCUT2D eigenvalue weighted by Crippen LogP contribution is -2.47. The molecular weight excluding hydrogens is 200 g/mol. The summed E-state index contributed by atoms with van der Waals surface area (Å²) in [6.07, 6.45) is -0.889. The van der Waals surface area contributed by atoms with Crippen molar-refractivity contribution in [2.75, 3.05) is 27.7 Å². The van der Waals surface area contributed by atoms with Crippen molar-refractivity contribution in [2.24, 2.45) is 0 Å². The third-order valence-corrected chi connectivity index (χ3v) is 2.63. The summed E-state index contributed by atoms with van der Waals surface area (Å²) < 4.78 is 9.80. The average molecular weight is 218 g/mol. The first kappa shape index (κ1) is 12.2. The van der Waals surface area contributed by atoms with Crippen LogP contribution in [0.2, 0.25) is 0 Å². The SMILES string of the molecule is COCN1C(=O)N(COC)C(C)(C)C1O. The highest BCUT2D eigenvalue weighted by molar-refractivity contribution is 5.78. The van der Waals surface area contributed by atoms with Crippen molar-refractivity contribution in [1.82, 2.24) is 9.80 Å². The van der Waals surface area contributed by atoms with Crippen LogP contribution in [0.25, 0.3) is 0 Å². The van der Waals surface area contributed by atoms with Crippen LogP contribution in [0.4, 0.5) is 4.79 Å². The van der Waals surface area contributed by atoms with Crippen molar-refractivity contribution in [3.63, 3.8) is 0 Å². The number of ether oxygens (including phenoxy) is 2. The molecule has 15 heavy (non-hydrogen) atoms. The van der Waals surface area contributed by atoms with Crippen LogP contribution < -0.4 is 0 Å². The summed E-state index contributed by atoms with van der Waals surface area (Å²) in [7, 11) is 2.99. The second-order valence-corrected chi connectivity index (χ2v) is 4.04. The molecule has 2 amide bonds. The number of amides is 2. The van der Waals surface area contributed by atoms with E-state index in [9.17, 15) is 9.90 Å². The Balaban J connectivity index is 2.86. The van der Waals surface area contributed by atoms with Crippen LogP contribution in [-0.2, 0) is 9.47 Å². The summed E-state index contributed by atoms with van der Waals surface area (Å²) in [5.74, 6) is 0. The fourth-order valence-corrected chi connectivity index (χ4v) is 1.64. The van der Waals surface area contributed by atoms with E-state index in [-0.39, 0.29) is 19.5 Å². The van der Waals surface area contributed by atoms with Crippen molar-refractivity contribution in [3.05, 3.63) is 0 Å². The third kappa shape index (κ3) is 1.92. The Kier molecular flexibility index (Phi) is 3.54. The molecule has 1 rings (SSSR count). The van der Waals surface area contributed by atoms with Gasteiger partial charge in [0.25, 0.3) is 0 Å². The summed E-state index contributed by atoms with van der Waals surface area (Å²) in [6.45, 7) is 3.79. The van der Waals surface area contributed by atoms with Gasteiger partial charge < -0.3 is 14.6 Å². The number of carbonyl (C=O) groups excluding carboxylic acids is 1. The molecule has 6 heteroatoms. The van der Waals surface area contributed by atoms with E-state index in [1.54, 1.807) is 13.8 Å². The zero-order valence-corrected chi connectivity index (χ0v) is 9.56. The second kappa shape index (κ2) is 4.34. The number of nitrogens with zero attached hydrogens (tertiary/aromatic N) is 2. The maximum atomic E-state index is 11.8. The summed E-state index contributed by atoms with van der Waals surface area (Å²) in [4.78, 5) is 14.6. The maximum Gasteiger partial charge on any atom is 0.326 e. The van der Waals surface area contributed by atoms with Crippen LogP contribution in [0.15, 0.2) is 0 Å². The topological polar surface area (TPSA) is 62.2 Å². The Bertz CT molecular complexity index is 244. The summed E-state index contributed by atoms with van der Waals surface area (Å²) in [5.41, 5.74) is -0.675. The molecular formula is C9H18N2O4. The van der Waals surface area contributed by atoms with Crippen LogP contribution in [0.1, 0.15) is 13.8 Å². The zero-order valence-electron chi connectivity index (χ0n) is 9.56. The van der Waals surface area contributed by atoms with Crippen LogP contribution in [0.5, 0.6) is 0 Å². The number of urea groups is 1. The van der Waals surface area contributed by atoms with E-state index in [2.05, 4.69) is 0 Å². The van der Waals surface area contributed by atoms with Gasteiger partial charge in [0.05, 0.1) is 5.54 Å². The van der Waals surface area contributed by atoms with Crippen molar-refractivity contribution >= 4 is 6.03 Å². The second-order valence-electron chi connectivity index (χ2n) is 4.04. The summed E-state index contributed by atoms with van der Waals surface area (Å²) in [6, 6.07) is -0.281. The van der Waals surface area contributed by atoms with Crippen LogP contribution in [0, 0.1) is 0 Å². The van der Waals surface area contributed by atoms with Crippen LogP contribution >= 0.6 is 0 Å². The molecule has 0 spiro atoms. The molecule has 1 fully saturated rings. The van der Waals surface area contributed by atoms with Gasteiger partial charge in [-0.3, -0.25) is 9.80 Å². The molecule has 6 nitrogen and oxygen atoms in total. The highest BCUT2D eigenvalue weighted by atomic mass is 16.5. The molecule has 1 heterocycles. The number of carbonyl (C=O) groups is 1. The van der Waals surface area contributed by atoms with E-state index < -0.39 is 11.8 Å². The molecule has 0 aromatic rings. The number of rotatable bonds is 4. The number of hydrogen-bond acceptors (Lipinski definition) is 4. The van der Waals surface area contributed by atoms with Crippen molar-refractivity contribution in [3.8, 4) is 0 Å². The van der Waals surface area contributed by atoms with Gasteiger partial charge >= 0.3 is 6.03 Å².